The molecule has 0 saturated carbocycles. The van der Waals surface area contributed by atoms with Crippen molar-refractivity contribution in [1.29, 1.82) is 0 Å². The molecule has 0 bridgehead atoms. The Bertz CT molecular complexity index is 789. The standard InChI is InChI=1S/C23H28N2O3/c1-18-11-14-24(15-13-22(26)17-20-5-3-2-4-6-20)25(18)16-12-19-7-9-21(10-8-19)23(27)28/h2-10,22,26H,1,11-17H2,(H,27,28). The maximum atomic E-state index is 11.0. The third-order valence-electron chi connectivity index (χ3n) is 5.21. The van der Waals surface area contributed by atoms with Gasteiger partial charge in [-0.1, -0.05) is 49.0 Å². The van der Waals surface area contributed by atoms with Crippen LogP contribution in [0.3, 0.4) is 0 Å². The molecule has 1 fully saturated rings. The Kier molecular flexibility index (Phi) is 6.85. The minimum atomic E-state index is -0.903. The molecule has 1 atom stereocenters. The second-order valence-electron chi connectivity index (χ2n) is 7.28. The van der Waals surface area contributed by atoms with E-state index in [9.17, 15) is 9.90 Å². The molecule has 28 heavy (non-hydrogen) atoms. The van der Waals surface area contributed by atoms with E-state index in [1.54, 1.807) is 12.1 Å². The van der Waals surface area contributed by atoms with Crippen molar-refractivity contribution in [2.24, 2.45) is 0 Å². The van der Waals surface area contributed by atoms with Gasteiger partial charge in [0.25, 0.3) is 0 Å². The third kappa shape index (κ3) is 5.44. The van der Waals surface area contributed by atoms with E-state index in [0.29, 0.717) is 18.4 Å². The van der Waals surface area contributed by atoms with E-state index in [1.807, 2.05) is 42.5 Å². The Hall–Kier alpha value is -2.63. The van der Waals surface area contributed by atoms with Gasteiger partial charge in [0.05, 0.1) is 11.7 Å². The van der Waals surface area contributed by atoms with Gasteiger partial charge in [-0.3, -0.25) is 0 Å². The Morgan fingerprint density at radius 3 is 2.43 bits per heavy atom. The highest BCUT2D eigenvalue weighted by molar-refractivity contribution is 5.87. The number of carbonyl (C=O) groups is 1. The van der Waals surface area contributed by atoms with Crippen LogP contribution in [0.5, 0.6) is 0 Å². The molecule has 3 rings (SSSR count). The minimum Gasteiger partial charge on any atom is -0.478 e. The number of aliphatic hydroxyl groups excluding tert-OH is 1. The monoisotopic (exact) mass is 380 g/mol. The van der Waals surface area contributed by atoms with E-state index in [0.717, 1.165) is 49.3 Å². The molecule has 0 amide bonds. The van der Waals surface area contributed by atoms with Crippen LogP contribution in [-0.2, 0) is 12.8 Å². The van der Waals surface area contributed by atoms with Gasteiger partial charge < -0.3 is 15.2 Å². The summed E-state index contributed by atoms with van der Waals surface area (Å²) in [6, 6.07) is 17.1. The van der Waals surface area contributed by atoms with Gasteiger partial charge in [0, 0.05) is 31.8 Å². The molecule has 5 nitrogen and oxygen atoms in total. The highest BCUT2D eigenvalue weighted by atomic mass is 16.4. The smallest absolute Gasteiger partial charge is 0.335 e. The number of carboxylic acids is 1. The summed E-state index contributed by atoms with van der Waals surface area (Å²) < 4.78 is 0. The zero-order valence-corrected chi connectivity index (χ0v) is 16.1. The lowest BCUT2D eigenvalue weighted by Crippen LogP contribution is -2.38. The topological polar surface area (TPSA) is 64.0 Å². The van der Waals surface area contributed by atoms with E-state index in [-0.39, 0.29) is 6.10 Å². The lowest BCUT2D eigenvalue weighted by molar-refractivity contribution is 0.0333. The van der Waals surface area contributed by atoms with Crippen LogP contribution in [0.15, 0.2) is 66.9 Å². The second-order valence-corrected chi connectivity index (χ2v) is 7.28. The third-order valence-corrected chi connectivity index (χ3v) is 5.21. The minimum absolute atomic E-state index is 0.309. The van der Waals surface area contributed by atoms with Crippen LogP contribution in [0.2, 0.25) is 0 Å². The van der Waals surface area contributed by atoms with Gasteiger partial charge in [-0.05, 0) is 42.5 Å². The predicted molar refractivity (Wildman–Crippen MR) is 110 cm³/mol. The molecule has 5 heteroatoms. The quantitative estimate of drug-likeness (QED) is 0.698. The fourth-order valence-electron chi connectivity index (χ4n) is 3.58. The highest BCUT2D eigenvalue weighted by Crippen LogP contribution is 2.22. The molecule has 2 aromatic rings. The normalized spacial score (nSPS) is 15.8. The molecule has 1 saturated heterocycles. The average molecular weight is 380 g/mol. The van der Waals surface area contributed by atoms with E-state index in [1.165, 1.54) is 0 Å². The molecule has 1 aliphatic heterocycles. The number of rotatable bonds is 9. The fraction of sp³-hybridized carbons (Fsp3) is 0.348. The van der Waals surface area contributed by atoms with Crippen molar-refractivity contribution < 1.29 is 15.0 Å². The Balaban J connectivity index is 1.49. The van der Waals surface area contributed by atoms with E-state index in [2.05, 4.69) is 16.6 Å². The van der Waals surface area contributed by atoms with Crippen molar-refractivity contribution in [3.8, 4) is 0 Å². The summed E-state index contributed by atoms with van der Waals surface area (Å²) in [7, 11) is 0. The number of aromatic carboxylic acids is 1. The molecule has 2 N–H and O–H groups in total. The average Bonchev–Trinajstić information content (AvgIpc) is 3.05. The van der Waals surface area contributed by atoms with Gasteiger partial charge in [-0.2, -0.15) is 0 Å². The number of nitrogens with zero attached hydrogens (tertiary/aromatic N) is 2. The SMILES string of the molecule is C=C1CCN(CCC(O)Cc2ccccc2)N1CCc1ccc(C(=O)O)cc1. The lowest BCUT2D eigenvalue weighted by atomic mass is 10.1. The van der Waals surface area contributed by atoms with Crippen LogP contribution in [0, 0.1) is 0 Å². The zero-order valence-electron chi connectivity index (χ0n) is 16.1. The van der Waals surface area contributed by atoms with Crippen LogP contribution in [0.4, 0.5) is 0 Å². The number of carboxylic acid groups (broad SMARTS) is 1. The largest absolute Gasteiger partial charge is 0.478 e. The zero-order chi connectivity index (χ0) is 19.9. The first-order valence-corrected chi connectivity index (χ1v) is 9.77. The van der Waals surface area contributed by atoms with E-state index < -0.39 is 5.97 Å². The first-order valence-electron chi connectivity index (χ1n) is 9.77. The number of aliphatic hydroxyl groups is 1. The Morgan fingerprint density at radius 1 is 1.04 bits per heavy atom. The van der Waals surface area contributed by atoms with Crippen LogP contribution in [-0.4, -0.2) is 51.9 Å². The van der Waals surface area contributed by atoms with Crippen LogP contribution < -0.4 is 0 Å². The molecule has 148 valence electrons. The van der Waals surface area contributed by atoms with Gasteiger partial charge in [0.2, 0.25) is 0 Å². The summed E-state index contributed by atoms with van der Waals surface area (Å²) in [5.41, 5.74) is 3.67. The summed E-state index contributed by atoms with van der Waals surface area (Å²) in [5, 5.41) is 23.9. The number of benzene rings is 2. The van der Waals surface area contributed by atoms with Crippen molar-refractivity contribution in [3.05, 3.63) is 83.6 Å². The van der Waals surface area contributed by atoms with Crippen LogP contribution in [0.25, 0.3) is 0 Å². The van der Waals surface area contributed by atoms with Crippen molar-refractivity contribution in [2.45, 2.75) is 31.8 Å². The molecular formula is C23H28N2O3. The summed E-state index contributed by atoms with van der Waals surface area (Å²) in [6.07, 6.45) is 2.79. The van der Waals surface area contributed by atoms with Gasteiger partial charge in [-0.15, -0.1) is 0 Å². The molecule has 0 aromatic heterocycles. The Labute approximate surface area is 166 Å². The molecule has 1 aliphatic rings. The van der Waals surface area contributed by atoms with E-state index in [4.69, 9.17) is 5.11 Å². The van der Waals surface area contributed by atoms with Crippen molar-refractivity contribution in [3.63, 3.8) is 0 Å². The Morgan fingerprint density at radius 2 is 1.75 bits per heavy atom. The molecule has 0 aliphatic carbocycles. The first-order chi connectivity index (χ1) is 13.5. The molecule has 0 radical (unpaired) electrons. The van der Waals surface area contributed by atoms with Crippen LogP contribution in [0.1, 0.15) is 34.3 Å². The summed E-state index contributed by atoms with van der Waals surface area (Å²) in [4.78, 5) is 11.0. The summed E-state index contributed by atoms with van der Waals surface area (Å²) >= 11 is 0. The maximum absolute atomic E-state index is 11.0. The van der Waals surface area contributed by atoms with Crippen molar-refractivity contribution >= 4 is 5.97 Å². The molecular weight excluding hydrogens is 352 g/mol. The van der Waals surface area contributed by atoms with Crippen LogP contribution >= 0.6 is 0 Å². The molecule has 1 unspecified atom stereocenters. The molecule has 2 aromatic carbocycles. The lowest BCUT2D eigenvalue weighted by Gasteiger charge is -2.31. The highest BCUT2D eigenvalue weighted by Gasteiger charge is 2.24. The van der Waals surface area contributed by atoms with Gasteiger partial charge in [0.1, 0.15) is 0 Å². The van der Waals surface area contributed by atoms with Gasteiger partial charge in [0.15, 0.2) is 0 Å². The molecule has 0 spiro atoms. The maximum Gasteiger partial charge on any atom is 0.335 e. The number of hydrazine groups is 1. The molecule has 1 heterocycles. The van der Waals surface area contributed by atoms with Crippen molar-refractivity contribution in [2.75, 3.05) is 19.6 Å². The van der Waals surface area contributed by atoms with Gasteiger partial charge in [-0.25, -0.2) is 9.80 Å². The predicted octanol–water partition coefficient (Wildman–Crippen LogP) is 3.36. The second kappa shape index (κ2) is 9.53. The summed E-state index contributed by atoms with van der Waals surface area (Å²) in [6.45, 7) is 6.70. The first kappa shape index (κ1) is 20.1. The fourth-order valence-corrected chi connectivity index (χ4v) is 3.58. The van der Waals surface area contributed by atoms with Gasteiger partial charge >= 0.3 is 5.97 Å². The summed E-state index contributed by atoms with van der Waals surface area (Å²) in [5.74, 6) is -0.903. The number of hydrogen-bond donors (Lipinski definition) is 2. The van der Waals surface area contributed by atoms with E-state index >= 15 is 0 Å². The number of hydrogen-bond acceptors (Lipinski definition) is 4. The van der Waals surface area contributed by atoms with Crippen molar-refractivity contribution in [1.82, 2.24) is 10.0 Å².